The summed E-state index contributed by atoms with van der Waals surface area (Å²) in [6.45, 7) is 1.45. The monoisotopic (exact) mass is 420 g/mol. The van der Waals surface area contributed by atoms with Gasteiger partial charge in [-0.15, -0.1) is 0 Å². The van der Waals surface area contributed by atoms with Gasteiger partial charge in [-0.2, -0.15) is 10.4 Å². The molecule has 146 valence electrons. The molecule has 7 nitrogen and oxygen atoms in total. The third-order valence-electron chi connectivity index (χ3n) is 3.79. The number of anilines is 1. The van der Waals surface area contributed by atoms with Crippen molar-refractivity contribution < 1.29 is 14.3 Å². The SMILES string of the molecule is Cc1nn(C)c(Cl)c1/C=C/C(=O)OCC(=O)N(CCC#N)c1cccc(Cl)c1. The number of aryl methyl sites for hydroxylation is 2. The van der Waals surface area contributed by atoms with Gasteiger partial charge in [0.1, 0.15) is 5.15 Å². The highest BCUT2D eigenvalue weighted by atomic mass is 35.5. The Morgan fingerprint density at radius 3 is 2.75 bits per heavy atom. The molecule has 0 aliphatic carbocycles. The maximum absolute atomic E-state index is 12.5. The van der Waals surface area contributed by atoms with Crippen molar-refractivity contribution in [2.24, 2.45) is 7.05 Å². The molecule has 9 heteroatoms. The van der Waals surface area contributed by atoms with E-state index in [0.717, 1.165) is 0 Å². The van der Waals surface area contributed by atoms with Crippen LogP contribution in [0.1, 0.15) is 17.7 Å². The normalized spacial score (nSPS) is 10.7. The van der Waals surface area contributed by atoms with Crippen LogP contribution in [0.15, 0.2) is 30.3 Å². The summed E-state index contributed by atoms with van der Waals surface area (Å²) in [5.74, 6) is -1.16. The molecule has 0 spiro atoms. The van der Waals surface area contributed by atoms with Crippen molar-refractivity contribution in [2.45, 2.75) is 13.3 Å². The zero-order chi connectivity index (χ0) is 20.7. The van der Waals surface area contributed by atoms with E-state index in [1.165, 1.54) is 21.7 Å². The predicted octanol–water partition coefficient (Wildman–Crippen LogP) is 3.54. The standard InChI is InChI=1S/C19H18Cl2N4O3/c1-13-16(19(21)24(2)23-13)7-8-18(27)28-12-17(26)25(10-4-9-22)15-6-3-5-14(20)11-15/h3,5-8,11H,4,10,12H2,1-2H3/b8-7+. The number of nitriles is 1. The van der Waals surface area contributed by atoms with E-state index in [1.54, 1.807) is 38.2 Å². The van der Waals surface area contributed by atoms with Crippen molar-refractivity contribution in [1.82, 2.24) is 9.78 Å². The summed E-state index contributed by atoms with van der Waals surface area (Å²) in [6.07, 6.45) is 2.80. The van der Waals surface area contributed by atoms with Crippen LogP contribution in [0.5, 0.6) is 0 Å². The second-order valence-corrected chi connectivity index (χ2v) is 6.58. The predicted molar refractivity (Wildman–Crippen MR) is 107 cm³/mol. The lowest BCUT2D eigenvalue weighted by Gasteiger charge is -2.21. The van der Waals surface area contributed by atoms with Crippen LogP contribution < -0.4 is 4.90 Å². The Morgan fingerprint density at radius 2 is 2.14 bits per heavy atom. The molecule has 0 aliphatic rings. The molecule has 0 fully saturated rings. The van der Waals surface area contributed by atoms with Gasteiger partial charge in [0.05, 0.1) is 18.2 Å². The number of rotatable bonds is 7. The zero-order valence-electron chi connectivity index (χ0n) is 15.4. The molecule has 0 saturated carbocycles. The highest BCUT2D eigenvalue weighted by molar-refractivity contribution is 6.31. The number of esters is 1. The first kappa shape index (κ1) is 21.5. The number of carbonyl (C=O) groups excluding carboxylic acids is 2. The third-order valence-corrected chi connectivity index (χ3v) is 4.47. The lowest BCUT2D eigenvalue weighted by Crippen LogP contribution is -2.35. The summed E-state index contributed by atoms with van der Waals surface area (Å²) >= 11 is 12.1. The van der Waals surface area contributed by atoms with Gasteiger partial charge in [-0.25, -0.2) is 4.79 Å². The van der Waals surface area contributed by atoms with E-state index in [-0.39, 0.29) is 13.0 Å². The maximum atomic E-state index is 12.5. The Labute approximate surface area is 172 Å². The smallest absolute Gasteiger partial charge is 0.331 e. The molecule has 2 rings (SSSR count). The molecule has 1 heterocycles. The molecule has 1 aromatic heterocycles. The first-order valence-electron chi connectivity index (χ1n) is 8.30. The lowest BCUT2D eigenvalue weighted by molar-refractivity contribution is -0.142. The lowest BCUT2D eigenvalue weighted by atomic mass is 10.2. The summed E-state index contributed by atoms with van der Waals surface area (Å²) in [5, 5.41) is 13.8. The number of aromatic nitrogens is 2. The maximum Gasteiger partial charge on any atom is 0.331 e. The first-order chi connectivity index (χ1) is 13.3. The Hall–Kier alpha value is -2.82. The second kappa shape index (κ2) is 9.93. The highest BCUT2D eigenvalue weighted by Gasteiger charge is 2.17. The van der Waals surface area contributed by atoms with Crippen molar-refractivity contribution >= 4 is 46.8 Å². The highest BCUT2D eigenvalue weighted by Crippen LogP contribution is 2.21. The molecule has 1 aromatic carbocycles. The minimum absolute atomic E-state index is 0.130. The third kappa shape index (κ3) is 5.59. The minimum atomic E-state index is -0.695. The fourth-order valence-electron chi connectivity index (χ4n) is 2.45. The average molecular weight is 421 g/mol. The van der Waals surface area contributed by atoms with Crippen LogP contribution in [-0.2, 0) is 21.4 Å². The number of hydrogen-bond donors (Lipinski definition) is 0. The molecule has 2 aromatic rings. The molecule has 0 saturated heterocycles. The number of ether oxygens (including phenoxy) is 1. The quantitative estimate of drug-likeness (QED) is 0.504. The van der Waals surface area contributed by atoms with Gasteiger partial charge < -0.3 is 9.64 Å². The summed E-state index contributed by atoms with van der Waals surface area (Å²) in [5.41, 5.74) is 1.79. The van der Waals surface area contributed by atoms with E-state index < -0.39 is 18.5 Å². The molecular formula is C19H18Cl2N4O3. The van der Waals surface area contributed by atoms with Gasteiger partial charge in [-0.3, -0.25) is 9.48 Å². The Kier molecular flexibility index (Phi) is 7.61. The molecule has 1 amide bonds. The zero-order valence-corrected chi connectivity index (χ0v) is 16.9. The van der Waals surface area contributed by atoms with E-state index in [2.05, 4.69) is 5.10 Å². The Bertz CT molecular complexity index is 947. The van der Waals surface area contributed by atoms with Crippen LogP contribution >= 0.6 is 23.2 Å². The summed E-state index contributed by atoms with van der Waals surface area (Å²) in [4.78, 5) is 25.8. The fraction of sp³-hybridized carbons (Fsp3) is 0.263. The van der Waals surface area contributed by atoms with Crippen LogP contribution in [0.2, 0.25) is 10.2 Å². The molecule has 0 radical (unpaired) electrons. The van der Waals surface area contributed by atoms with E-state index in [9.17, 15) is 9.59 Å². The number of carbonyl (C=O) groups is 2. The van der Waals surface area contributed by atoms with Gasteiger partial charge in [0.25, 0.3) is 5.91 Å². The molecule has 0 N–H and O–H groups in total. The molecule has 0 aliphatic heterocycles. The van der Waals surface area contributed by atoms with Crippen molar-refractivity contribution in [1.29, 1.82) is 5.26 Å². The van der Waals surface area contributed by atoms with Gasteiger partial charge >= 0.3 is 5.97 Å². The van der Waals surface area contributed by atoms with Crippen LogP contribution in [0, 0.1) is 18.3 Å². The molecular weight excluding hydrogens is 403 g/mol. The molecule has 28 heavy (non-hydrogen) atoms. The molecule has 0 atom stereocenters. The van der Waals surface area contributed by atoms with Crippen LogP contribution in [0.3, 0.4) is 0 Å². The second-order valence-electron chi connectivity index (χ2n) is 5.79. The summed E-state index contributed by atoms with van der Waals surface area (Å²) in [6, 6.07) is 8.65. The average Bonchev–Trinajstić information content (AvgIpc) is 2.90. The van der Waals surface area contributed by atoms with Gasteiger partial charge in [-0.1, -0.05) is 29.3 Å². The summed E-state index contributed by atoms with van der Waals surface area (Å²) in [7, 11) is 1.69. The molecule has 0 unspecified atom stereocenters. The van der Waals surface area contributed by atoms with Crippen LogP contribution in [0.4, 0.5) is 5.69 Å². The van der Waals surface area contributed by atoms with Gasteiger partial charge in [-0.05, 0) is 31.2 Å². The Balaban J connectivity index is 2.02. The van der Waals surface area contributed by atoms with Gasteiger partial charge in [0, 0.05) is 35.9 Å². The van der Waals surface area contributed by atoms with Gasteiger partial charge in [0.2, 0.25) is 0 Å². The van der Waals surface area contributed by atoms with Crippen LogP contribution in [-0.4, -0.2) is 34.8 Å². The van der Waals surface area contributed by atoms with Crippen molar-refractivity contribution in [3.8, 4) is 6.07 Å². The van der Waals surface area contributed by atoms with E-state index in [0.29, 0.717) is 27.1 Å². The summed E-state index contributed by atoms with van der Waals surface area (Å²) < 4.78 is 6.51. The number of hydrogen-bond acceptors (Lipinski definition) is 5. The van der Waals surface area contributed by atoms with E-state index in [4.69, 9.17) is 33.2 Å². The van der Waals surface area contributed by atoms with Crippen LogP contribution in [0.25, 0.3) is 6.08 Å². The Morgan fingerprint density at radius 1 is 1.39 bits per heavy atom. The number of benzene rings is 1. The van der Waals surface area contributed by atoms with E-state index in [1.807, 2.05) is 6.07 Å². The molecule has 0 bridgehead atoms. The van der Waals surface area contributed by atoms with E-state index >= 15 is 0 Å². The fourth-order valence-corrected chi connectivity index (χ4v) is 2.87. The van der Waals surface area contributed by atoms with Gasteiger partial charge in [0.15, 0.2) is 6.61 Å². The largest absolute Gasteiger partial charge is 0.452 e. The number of halogens is 2. The minimum Gasteiger partial charge on any atom is -0.452 e. The number of nitrogens with zero attached hydrogens (tertiary/aromatic N) is 4. The van der Waals surface area contributed by atoms with Crippen molar-refractivity contribution in [3.63, 3.8) is 0 Å². The first-order valence-corrected chi connectivity index (χ1v) is 9.06. The topological polar surface area (TPSA) is 88.2 Å². The number of amides is 1. The van der Waals surface area contributed by atoms with Crippen molar-refractivity contribution in [2.75, 3.05) is 18.1 Å². The van der Waals surface area contributed by atoms with Crippen molar-refractivity contribution in [3.05, 3.63) is 51.8 Å².